The number of benzene rings is 1. The van der Waals surface area contributed by atoms with E-state index in [1.54, 1.807) is 7.11 Å². The Kier molecular flexibility index (Phi) is 2.78. The molecule has 0 spiro atoms. The van der Waals surface area contributed by atoms with Crippen LogP contribution in [0.15, 0.2) is 18.2 Å². The van der Waals surface area contributed by atoms with Crippen molar-refractivity contribution in [3.63, 3.8) is 0 Å². The molecule has 0 amide bonds. The number of aromatic amines is 1. The molecule has 18 heavy (non-hydrogen) atoms. The lowest BCUT2D eigenvalue weighted by Crippen LogP contribution is -2.11. The minimum Gasteiger partial charge on any atom is -0.497 e. The summed E-state index contributed by atoms with van der Waals surface area (Å²) >= 11 is 0. The fraction of sp³-hybridized carbons (Fsp3) is 0.429. The zero-order valence-electron chi connectivity index (χ0n) is 10.4. The van der Waals surface area contributed by atoms with Gasteiger partial charge in [0.05, 0.1) is 12.6 Å². The van der Waals surface area contributed by atoms with Crippen LogP contribution in [-0.2, 0) is 0 Å². The van der Waals surface area contributed by atoms with Crippen LogP contribution in [-0.4, -0.2) is 23.1 Å². The molecule has 0 unspecified atom stereocenters. The summed E-state index contributed by atoms with van der Waals surface area (Å²) in [7, 11) is 1.63. The van der Waals surface area contributed by atoms with Gasteiger partial charge in [-0.15, -0.1) is 0 Å². The lowest BCUT2D eigenvalue weighted by molar-refractivity contribution is 0.0919. The van der Waals surface area contributed by atoms with Crippen LogP contribution in [0.5, 0.6) is 5.75 Å². The van der Waals surface area contributed by atoms with Gasteiger partial charge in [-0.3, -0.25) is 9.89 Å². The molecule has 1 aromatic carbocycles. The van der Waals surface area contributed by atoms with E-state index in [4.69, 9.17) is 4.74 Å². The average molecular weight is 246 g/mol. The zero-order chi connectivity index (χ0) is 12.5. The van der Waals surface area contributed by atoms with Crippen molar-refractivity contribution in [3.05, 3.63) is 23.9 Å². The number of carbonyl (C=O) groups excluding carboxylic acids is 1. The maximum absolute atomic E-state index is 12.4. The first-order chi connectivity index (χ1) is 8.79. The second-order valence-electron chi connectivity index (χ2n) is 4.83. The molecule has 96 valence electrons. The van der Waals surface area contributed by atoms with Crippen LogP contribution in [0, 0.1) is 5.92 Å². The molecule has 1 aliphatic rings. The van der Waals surface area contributed by atoms with E-state index in [1.807, 2.05) is 18.2 Å². The number of nitrogens with zero attached hydrogens (tertiary/aromatic N) is 1. The Bertz CT molecular complexity index is 588. The van der Waals surface area contributed by atoms with Gasteiger partial charge in [-0.2, -0.15) is 5.10 Å². The van der Waals surface area contributed by atoms with Gasteiger partial charge in [-0.25, -0.2) is 0 Å². The fourth-order valence-electron chi connectivity index (χ4n) is 2.69. The SMILES string of the molecule is COc1ccc2c(C(=O)C3CCCC3)n[nH]c2c1.[HH]. The normalized spacial score (nSPS) is 16.3. The molecule has 1 aliphatic carbocycles. The van der Waals surface area contributed by atoms with Crippen molar-refractivity contribution in [2.24, 2.45) is 5.92 Å². The van der Waals surface area contributed by atoms with Crippen molar-refractivity contribution < 1.29 is 11.0 Å². The molecule has 4 nitrogen and oxygen atoms in total. The van der Waals surface area contributed by atoms with Gasteiger partial charge in [0.2, 0.25) is 0 Å². The van der Waals surface area contributed by atoms with Gasteiger partial charge in [0.25, 0.3) is 0 Å². The number of rotatable bonds is 3. The van der Waals surface area contributed by atoms with Crippen molar-refractivity contribution in [2.75, 3.05) is 7.11 Å². The van der Waals surface area contributed by atoms with Gasteiger partial charge in [0, 0.05) is 18.8 Å². The van der Waals surface area contributed by atoms with Crippen molar-refractivity contribution in [2.45, 2.75) is 25.7 Å². The summed E-state index contributed by atoms with van der Waals surface area (Å²) in [5.41, 5.74) is 1.44. The van der Waals surface area contributed by atoms with Crippen molar-refractivity contribution in [1.82, 2.24) is 10.2 Å². The molecule has 1 fully saturated rings. The van der Waals surface area contributed by atoms with E-state index < -0.39 is 0 Å². The Labute approximate surface area is 107 Å². The number of aromatic nitrogens is 2. The summed E-state index contributed by atoms with van der Waals surface area (Å²) in [5.74, 6) is 1.12. The van der Waals surface area contributed by atoms with Gasteiger partial charge >= 0.3 is 0 Å². The van der Waals surface area contributed by atoms with Gasteiger partial charge in [-0.05, 0) is 25.0 Å². The molecule has 0 aliphatic heterocycles. The highest BCUT2D eigenvalue weighted by Crippen LogP contribution is 2.30. The molecule has 1 heterocycles. The predicted molar refractivity (Wildman–Crippen MR) is 71.0 cm³/mol. The van der Waals surface area contributed by atoms with Crippen LogP contribution >= 0.6 is 0 Å². The minimum absolute atomic E-state index is 0. The average Bonchev–Trinajstić information content (AvgIpc) is 3.06. The van der Waals surface area contributed by atoms with E-state index in [1.165, 1.54) is 0 Å². The standard InChI is InChI=1S/C14H16N2O2.H2/c1-18-10-6-7-11-12(8-10)15-16-13(11)14(17)9-4-2-3-5-9;/h6-9H,2-5H2,1H3,(H,15,16);1H. The summed E-state index contributed by atoms with van der Waals surface area (Å²) in [6.07, 6.45) is 4.33. The summed E-state index contributed by atoms with van der Waals surface area (Å²) in [6.45, 7) is 0. The highest BCUT2D eigenvalue weighted by molar-refractivity contribution is 6.07. The number of nitrogens with one attached hydrogen (secondary N) is 1. The zero-order valence-corrected chi connectivity index (χ0v) is 10.4. The van der Waals surface area contributed by atoms with E-state index in [0.29, 0.717) is 5.69 Å². The van der Waals surface area contributed by atoms with E-state index in [-0.39, 0.29) is 13.1 Å². The Balaban J connectivity index is 0.00000133. The number of Topliss-reactive ketones (excluding diaryl/α,β-unsaturated/α-hetero) is 1. The van der Waals surface area contributed by atoms with E-state index >= 15 is 0 Å². The Hall–Kier alpha value is -1.84. The maximum atomic E-state index is 12.4. The molecule has 3 rings (SSSR count). The van der Waals surface area contributed by atoms with Crippen LogP contribution in [0.25, 0.3) is 10.9 Å². The number of ether oxygens (including phenoxy) is 1. The smallest absolute Gasteiger partial charge is 0.186 e. The molecule has 0 bridgehead atoms. The Morgan fingerprint density at radius 1 is 1.44 bits per heavy atom. The lowest BCUT2D eigenvalue weighted by atomic mass is 9.98. The summed E-state index contributed by atoms with van der Waals surface area (Å²) in [4.78, 5) is 12.4. The second-order valence-corrected chi connectivity index (χ2v) is 4.83. The van der Waals surface area contributed by atoms with Gasteiger partial charge < -0.3 is 4.74 Å². The predicted octanol–water partition coefficient (Wildman–Crippen LogP) is 3.19. The third-order valence-corrected chi connectivity index (χ3v) is 3.73. The minimum atomic E-state index is 0. The van der Waals surface area contributed by atoms with E-state index in [0.717, 1.165) is 42.3 Å². The van der Waals surface area contributed by atoms with E-state index in [9.17, 15) is 4.79 Å². The number of hydrogen-bond acceptors (Lipinski definition) is 3. The third kappa shape index (κ3) is 1.78. The monoisotopic (exact) mass is 246 g/mol. The molecule has 4 heteroatoms. The fourth-order valence-corrected chi connectivity index (χ4v) is 2.69. The van der Waals surface area contributed by atoms with Crippen molar-refractivity contribution in [1.29, 1.82) is 0 Å². The van der Waals surface area contributed by atoms with Gasteiger partial charge in [0.1, 0.15) is 11.4 Å². The lowest BCUT2D eigenvalue weighted by Gasteiger charge is -2.05. The summed E-state index contributed by atoms with van der Waals surface area (Å²) < 4.78 is 5.16. The Morgan fingerprint density at radius 3 is 2.94 bits per heavy atom. The number of carbonyl (C=O) groups is 1. The first kappa shape index (κ1) is 11.3. The highest BCUT2D eigenvalue weighted by atomic mass is 16.5. The third-order valence-electron chi connectivity index (χ3n) is 3.73. The number of methoxy groups -OCH3 is 1. The van der Waals surface area contributed by atoms with Crippen LogP contribution in [0.4, 0.5) is 0 Å². The van der Waals surface area contributed by atoms with Crippen LogP contribution in [0.2, 0.25) is 0 Å². The van der Waals surface area contributed by atoms with E-state index in [2.05, 4.69) is 10.2 Å². The molecule has 0 atom stereocenters. The number of hydrogen-bond donors (Lipinski definition) is 1. The topological polar surface area (TPSA) is 55.0 Å². The molecule has 1 aromatic heterocycles. The quantitative estimate of drug-likeness (QED) is 0.846. The van der Waals surface area contributed by atoms with Gasteiger partial charge in [-0.1, -0.05) is 12.8 Å². The van der Waals surface area contributed by atoms with Gasteiger partial charge in [0.15, 0.2) is 5.78 Å². The molecule has 0 radical (unpaired) electrons. The Morgan fingerprint density at radius 2 is 2.22 bits per heavy atom. The largest absolute Gasteiger partial charge is 0.497 e. The molecule has 0 saturated heterocycles. The first-order valence-electron chi connectivity index (χ1n) is 6.36. The van der Waals surface area contributed by atoms with Crippen LogP contribution in [0.1, 0.15) is 37.6 Å². The number of H-pyrrole nitrogens is 1. The molecular formula is C14H18N2O2. The maximum Gasteiger partial charge on any atom is 0.186 e. The summed E-state index contributed by atoms with van der Waals surface area (Å²) in [5, 5.41) is 8.00. The number of ketones is 1. The molecule has 1 saturated carbocycles. The van der Waals surface area contributed by atoms with Crippen LogP contribution in [0.3, 0.4) is 0 Å². The first-order valence-corrected chi connectivity index (χ1v) is 6.36. The summed E-state index contributed by atoms with van der Waals surface area (Å²) in [6, 6.07) is 5.64. The second kappa shape index (κ2) is 4.44. The van der Waals surface area contributed by atoms with Crippen molar-refractivity contribution >= 4 is 16.7 Å². The molecule has 2 aromatic rings. The van der Waals surface area contributed by atoms with Crippen molar-refractivity contribution in [3.8, 4) is 5.75 Å². The number of fused-ring (bicyclic) bond motifs is 1. The molecule has 1 N–H and O–H groups in total. The van der Waals surface area contributed by atoms with Crippen LogP contribution < -0.4 is 4.74 Å². The highest BCUT2D eigenvalue weighted by Gasteiger charge is 2.26. The molecular weight excluding hydrogens is 228 g/mol.